The van der Waals surface area contributed by atoms with Gasteiger partial charge in [-0.25, -0.2) is 23.7 Å². The predicted octanol–water partition coefficient (Wildman–Crippen LogP) is 6.31. The van der Waals surface area contributed by atoms with Gasteiger partial charge < -0.3 is 9.80 Å². The third-order valence-electron chi connectivity index (χ3n) is 8.98. The van der Waals surface area contributed by atoms with Crippen LogP contribution in [0.5, 0.6) is 0 Å². The van der Waals surface area contributed by atoms with E-state index in [-0.39, 0.29) is 24.3 Å². The number of aromatic nitrogens is 4. The van der Waals surface area contributed by atoms with E-state index in [9.17, 15) is 18.4 Å². The molecule has 48 heavy (non-hydrogen) atoms. The van der Waals surface area contributed by atoms with E-state index in [1.165, 1.54) is 41.7 Å². The minimum Gasteiger partial charge on any atom is -0.372 e. The Morgan fingerprint density at radius 2 is 1.75 bits per heavy atom. The fourth-order valence-electron chi connectivity index (χ4n) is 6.06. The minimum atomic E-state index is -1.00. The molecule has 1 saturated heterocycles. The van der Waals surface area contributed by atoms with Gasteiger partial charge in [0.05, 0.1) is 18.4 Å². The van der Waals surface area contributed by atoms with Crippen molar-refractivity contribution in [3.05, 3.63) is 136 Å². The number of benzene rings is 3. The number of fused-ring (bicyclic) bond motifs is 1. The van der Waals surface area contributed by atoms with Crippen LogP contribution in [0.1, 0.15) is 58.6 Å². The van der Waals surface area contributed by atoms with Crippen molar-refractivity contribution in [2.45, 2.75) is 44.7 Å². The van der Waals surface area contributed by atoms with Crippen LogP contribution < -0.4 is 10.5 Å². The number of anilines is 1. The SMILES string of the molecule is CN1CCC(N(C)c2ccc(Cc3ncc4cc(/C=C/CCC(=O)c5cncn(Cc6ccc(F)c(F)c6)c5=O)ccc4n3)cc2)CC1. The molecule has 6 rings (SSSR count). The zero-order chi connectivity index (χ0) is 33.6. The highest BCUT2D eigenvalue weighted by atomic mass is 19.2. The number of rotatable bonds is 11. The third kappa shape index (κ3) is 7.88. The molecular weight excluding hydrogens is 610 g/mol. The number of carbonyl (C=O) groups is 1. The highest BCUT2D eigenvalue weighted by Crippen LogP contribution is 2.23. The van der Waals surface area contributed by atoms with Crippen LogP contribution in [-0.2, 0) is 13.0 Å². The molecule has 0 radical (unpaired) electrons. The van der Waals surface area contributed by atoms with E-state index in [1.54, 1.807) is 0 Å². The molecule has 246 valence electrons. The number of hydrogen-bond donors (Lipinski definition) is 0. The summed E-state index contributed by atoms with van der Waals surface area (Å²) < 4.78 is 28.1. The number of ketones is 1. The molecule has 0 atom stereocenters. The van der Waals surface area contributed by atoms with E-state index in [0.29, 0.717) is 24.4 Å². The van der Waals surface area contributed by atoms with Gasteiger partial charge in [-0.2, -0.15) is 0 Å². The quantitative estimate of drug-likeness (QED) is 0.155. The van der Waals surface area contributed by atoms with E-state index in [4.69, 9.17) is 4.98 Å². The van der Waals surface area contributed by atoms with Crippen LogP contribution in [0.4, 0.5) is 14.5 Å². The topological polar surface area (TPSA) is 84.2 Å². The lowest BCUT2D eigenvalue weighted by molar-refractivity contribution is 0.0981. The van der Waals surface area contributed by atoms with E-state index in [2.05, 4.69) is 58.1 Å². The van der Waals surface area contributed by atoms with Crippen molar-refractivity contribution in [1.29, 1.82) is 0 Å². The zero-order valence-electron chi connectivity index (χ0n) is 27.2. The Kier molecular flexibility index (Phi) is 10.1. The molecule has 5 aromatic rings. The second-order valence-corrected chi connectivity index (χ2v) is 12.4. The molecule has 0 aliphatic carbocycles. The summed E-state index contributed by atoms with van der Waals surface area (Å²) in [5.41, 5.74) is 4.04. The van der Waals surface area contributed by atoms with Gasteiger partial charge in [-0.15, -0.1) is 0 Å². The largest absolute Gasteiger partial charge is 0.372 e. The highest BCUT2D eigenvalue weighted by molar-refractivity contribution is 5.95. The van der Waals surface area contributed by atoms with Crippen LogP contribution in [-0.4, -0.2) is 63.4 Å². The van der Waals surface area contributed by atoms with Gasteiger partial charge in [-0.3, -0.25) is 14.2 Å². The Labute approximate surface area is 278 Å². The number of carbonyl (C=O) groups excluding carboxylic acids is 1. The third-order valence-corrected chi connectivity index (χ3v) is 8.98. The smallest absolute Gasteiger partial charge is 0.264 e. The van der Waals surface area contributed by atoms with E-state index in [1.807, 2.05) is 36.5 Å². The predicted molar refractivity (Wildman–Crippen MR) is 184 cm³/mol. The molecule has 1 aliphatic rings. The summed E-state index contributed by atoms with van der Waals surface area (Å²) in [6.45, 7) is 2.25. The molecule has 0 bridgehead atoms. The van der Waals surface area contributed by atoms with Gasteiger partial charge in [0, 0.05) is 49.4 Å². The first kappa shape index (κ1) is 32.8. The maximum absolute atomic E-state index is 13.6. The summed E-state index contributed by atoms with van der Waals surface area (Å²) in [5.74, 6) is -1.54. The lowest BCUT2D eigenvalue weighted by atomic mass is 10.0. The zero-order valence-corrected chi connectivity index (χ0v) is 27.2. The Bertz CT molecular complexity index is 2000. The fraction of sp³-hybridized carbons (Fsp3) is 0.289. The Morgan fingerprint density at radius 3 is 2.52 bits per heavy atom. The lowest BCUT2D eigenvalue weighted by Gasteiger charge is -2.36. The summed E-state index contributed by atoms with van der Waals surface area (Å²) in [4.78, 5) is 43.9. The number of nitrogens with zero attached hydrogens (tertiary/aromatic N) is 6. The standard InChI is InChI=1S/C38H38F2N6O2/c1-44-17-15-31(16-18-44)45(2)30-11-7-27(8-12-30)21-37-42-22-29-19-26(10-14-35(29)43-37)5-3-4-6-36(47)32-23-41-25-46(38(32)48)24-28-9-13-33(39)34(40)20-28/h3,5,7-14,19-20,22-23,25,31H,4,6,15-18,21,24H2,1-2H3/b5-3+. The van der Waals surface area contributed by atoms with Crippen LogP contribution in [0.15, 0.2) is 90.3 Å². The molecule has 3 aromatic carbocycles. The van der Waals surface area contributed by atoms with Crippen molar-refractivity contribution in [1.82, 2.24) is 24.4 Å². The molecule has 0 unspecified atom stereocenters. The van der Waals surface area contributed by atoms with Crippen LogP contribution in [0.3, 0.4) is 0 Å². The Balaban J connectivity index is 1.03. The van der Waals surface area contributed by atoms with Gasteiger partial charge in [-0.1, -0.05) is 36.4 Å². The molecule has 8 nitrogen and oxygen atoms in total. The molecule has 0 spiro atoms. The maximum atomic E-state index is 13.6. The van der Waals surface area contributed by atoms with Crippen LogP contribution in [0.25, 0.3) is 17.0 Å². The summed E-state index contributed by atoms with van der Waals surface area (Å²) in [5, 5.41) is 0.920. The summed E-state index contributed by atoms with van der Waals surface area (Å²) in [6, 6.07) is 18.6. The van der Waals surface area contributed by atoms with E-state index >= 15 is 0 Å². The number of Topliss-reactive ketones (excluding diaryl/α,β-unsaturated/α-hetero) is 1. The van der Waals surface area contributed by atoms with Gasteiger partial charge in [0.1, 0.15) is 11.4 Å². The second kappa shape index (κ2) is 14.8. The normalized spacial score (nSPS) is 14.2. The molecule has 0 amide bonds. The second-order valence-electron chi connectivity index (χ2n) is 12.4. The molecule has 1 fully saturated rings. The Morgan fingerprint density at radius 1 is 0.979 bits per heavy atom. The average Bonchev–Trinajstić information content (AvgIpc) is 3.09. The number of likely N-dealkylation sites (tertiary alicyclic amines) is 1. The summed E-state index contributed by atoms with van der Waals surface area (Å²) in [6.07, 6.45) is 11.7. The Hall–Kier alpha value is -5.09. The van der Waals surface area contributed by atoms with Crippen LogP contribution >= 0.6 is 0 Å². The lowest BCUT2D eigenvalue weighted by Crippen LogP contribution is -2.41. The fourth-order valence-corrected chi connectivity index (χ4v) is 6.06. The number of piperidine rings is 1. The molecular formula is C38H38F2N6O2. The van der Waals surface area contributed by atoms with Gasteiger partial charge >= 0.3 is 0 Å². The van der Waals surface area contributed by atoms with Crippen LogP contribution in [0, 0.1) is 11.6 Å². The molecule has 0 saturated carbocycles. The van der Waals surface area contributed by atoms with Crippen molar-refractivity contribution in [2.75, 3.05) is 32.1 Å². The van der Waals surface area contributed by atoms with Crippen molar-refractivity contribution >= 4 is 28.4 Å². The van der Waals surface area contributed by atoms with Gasteiger partial charge in [-0.05, 0) is 92.5 Å². The van der Waals surface area contributed by atoms with Crippen molar-refractivity contribution in [2.24, 2.45) is 0 Å². The average molecular weight is 649 g/mol. The maximum Gasteiger partial charge on any atom is 0.264 e. The monoisotopic (exact) mass is 648 g/mol. The van der Waals surface area contributed by atoms with E-state index < -0.39 is 17.2 Å². The van der Waals surface area contributed by atoms with Gasteiger partial charge in [0.25, 0.3) is 5.56 Å². The summed E-state index contributed by atoms with van der Waals surface area (Å²) >= 11 is 0. The first-order valence-electron chi connectivity index (χ1n) is 16.2. The van der Waals surface area contributed by atoms with Crippen molar-refractivity contribution in [3.8, 4) is 0 Å². The molecule has 1 aliphatic heterocycles. The van der Waals surface area contributed by atoms with Crippen LogP contribution in [0.2, 0.25) is 0 Å². The molecule has 2 aromatic heterocycles. The van der Waals surface area contributed by atoms with E-state index in [0.717, 1.165) is 53.1 Å². The molecule has 0 N–H and O–H groups in total. The first-order chi connectivity index (χ1) is 23.2. The highest BCUT2D eigenvalue weighted by Gasteiger charge is 2.21. The molecule has 3 heterocycles. The first-order valence-corrected chi connectivity index (χ1v) is 16.2. The van der Waals surface area contributed by atoms with Crippen molar-refractivity contribution in [3.63, 3.8) is 0 Å². The summed E-state index contributed by atoms with van der Waals surface area (Å²) in [7, 11) is 4.37. The molecule has 10 heteroatoms. The van der Waals surface area contributed by atoms with Crippen molar-refractivity contribution < 1.29 is 13.6 Å². The minimum absolute atomic E-state index is 0.0269. The number of halogens is 2. The van der Waals surface area contributed by atoms with Gasteiger partial charge in [0.2, 0.25) is 0 Å². The van der Waals surface area contributed by atoms with Gasteiger partial charge in [0.15, 0.2) is 17.4 Å². The number of allylic oxidation sites excluding steroid dienone is 1. The number of hydrogen-bond acceptors (Lipinski definition) is 7.